The minimum atomic E-state index is -0.631. The van der Waals surface area contributed by atoms with Gasteiger partial charge in [-0.25, -0.2) is 4.68 Å². The molecule has 0 fully saturated rings. The Hall–Kier alpha value is -4.17. The first-order valence-corrected chi connectivity index (χ1v) is 10.6. The number of rotatable bonds is 4. The first-order valence-electron chi connectivity index (χ1n) is 10.2. The van der Waals surface area contributed by atoms with Crippen LogP contribution < -0.4 is 10.6 Å². The van der Waals surface area contributed by atoms with E-state index in [2.05, 4.69) is 20.6 Å². The molecule has 0 aliphatic carbocycles. The predicted molar refractivity (Wildman–Crippen MR) is 126 cm³/mol. The Bertz CT molecular complexity index is 1380. The number of aromatic nitrogens is 4. The molecule has 2 aromatic heterocycles. The molecule has 0 spiro atoms. The Morgan fingerprint density at radius 3 is 2.76 bits per heavy atom. The summed E-state index contributed by atoms with van der Waals surface area (Å²) in [7, 11) is 0. The number of anilines is 2. The van der Waals surface area contributed by atoms with Crippen LogP contribution in [0.4, 0.5) is 11.6 Å². The fourth-order valence-corrected chi connectivity index (χ4v) is 4.06. The molecule has 0 bridgehead atoms. The van der Waals surface area contributed by atoms with Crippen LogP contribution in [0.1, 0.15) is 18.5 Å². The molecule has 2 aromatic carbocycles. The third kappa shape index (κ3) is 3.92. The molecule has 1 amide bonds. The van der Waals surface area contributed by atoms with E-state index in [0.717, 1.165) is 0 Å². The summed E-state index contributed by atoms with van der Waals surface area (Å²) in [5, 5.41) is 21.4. The van der Waals surface area contributed by atoms with Crippen molar-refractivity contribution < 1.29 is 9.90 Å². The smallest absolute Gasteiger partial charge is 0.255 e. The van der Waals surface area contributed by atoms with Crippen LogP contribution in [0.2, 0.25) is 5.02 Å². The van der Waals surface area contributed by atoms with Gasteiger partial charge in [0.2, 0.25) is 5.95 Å². The van der Waals surface area contributed by atoms with Crippen molar-refractivity contribution in [3.8, 4) is 17.1 Å². The lowest BCUT2D eigenvalue weighted by atomic mass is 9.95. The van der Waals surface area contributed by atoms with Crippen LogP contribution in [0.25, 0.3) is 11.4 Å². The van der Waals surface area contributed by atoms with E-state index in [0.29, 0.717) is 44.9 Å². The molecular formula is C24H19ClN6O2. The van der Waals surface area contributed by atoms with Gasteiger partial charge in [0, 0.05) is 17.5 Å². The summed E-state index contributed by atoms with van der Waals surface area (Å²) in [4.78, 5) is 22.1. The molecule has 3 heterocycles. The SMILES string of the molecule is CC1=C(C(=O)Nc2cccnc2)[C@@H](c2cccc(O)c2)n2nc(-c3ccccc3Cl)nc2N1. The minimum absolute atomic E-state index is 0.0868. The molecule has 8 nitrogen and oxygen atoms in total. The second-order valence-corrected chi connectivity index (χ2v) is 7.95. The van der Waals surface area contributed by atoms with Crippen LogP contribution in [-0.4, -0.2) is 30.8 Å². The number of benzene rings is 2. The first kappa shape index (κ1) is 20.7. The number of nitrogens with zero attached hydrogens (tertiary/aromatic N) is 4. The molecule has 5 rings (SSSR count). The maximum Gasteiger partial charge on any atom is 0.255 e. The van der Waals surface area contributed by atoms with Gasteiger partial charge in [-0.3, -0.25) is 9.78 Å². The summed E-state index contributed by atoms with van der Waals surface area (Å²) in [5.74, 6) is 0.661. The van der Waals surface area contributed by atoms with Crippen LogP contribution in [0.15, 0.2) is 84.3 Å². The molecule has 4 aromatic rings. The highest BCUT2D eigenvalue weighted by Gasteiger charge is 2.34. The average molecular weight is 459 g/mol. The number of phenols is 1. The molecule has 1 aliphatic rings. The summed E-state index contributed by atoms with van der Waals surface area (Å²) >= 11 is 6.37. The van der Waals surface area contributed by atoms with Gasteiger partial charge in [0.25, 0.3) is 5.91 Å². The number of pyridine rings is 1. The van der Waals surface area contributed by atoms with Crippen molar-refractivity contribution in [3.63, 3.8) is 0 Å². The van der Waals surface area contributed by atoms with Gasteiger partial charge in [-0.2, -0.15) is 4.98 Å². The summed E-state index contributed by atoms with van der Waals surface area (Å²) < 4.78 is 1.64. The number of nitrogens with one attached hydrogen (secondary N) is 2. The van der Waals surface area contributed by atoms with Crippen molar-refractivity contribution in [1.82, 2.24) is 19.7 Å². The van der Waals surface area contributed by atoms with Crippen molar-refractivity contribution >= 4 is 29.1 Å². The van der Waals surface area contributed by atoms with E-state index in [1.165, 1.54) is 0 Å². The van der Waals surface area contributed by atoms with Crippen LogP contribution in [0.3, 0.4) is 0 Å². The summed E-state index contributed by atoms with van der Waals surface area (Å²) in [5.41, 5.74) is 2.99. The second kappa shape index (κ2) is 8.40. The molecule has 33 heavy (non-hydrogen) atoms. The normalized spacial score (nSPS) is 15.0. The van der Waals surface area contributed by atoms with Crippen LogP contribution in [0.5, 0.6) is 5.75 Å². The van der Waals surface area contributed by atoms with Gasteiger partial charge < -0.3 is 15.7 Å². The highest BCUT2D eigenvalue weighted by atomic mass is 35.5. The van der Waals surface area contributed by atoms with Gasteiger partial charge in [0.1, 0.15) is 11.8 Å². The van der Waals surface area contributed by atoms with E-state index in [-0.39, 0.29) is 11.7 Å². The Morgan fingerprint density at radius 1 is 1.15 bits per heavy atom. The van der Waals surface area contributed by atoms with Crippen LogP contribution >= 0.6 is 11.6 Å². The van der Waals surface area contributed by atoms with Gasteiger partial charge in [0.05, 0.1) is 22.5 Å². The highest BCUT2D eigenvalue weighted by Crippen LogP contribution is 2.38. The average Bonchev–Trinajstić information content (AvgIpc) is 3.22. The molecular weight excluding hydrogens is 440 g/mol. The van der Waals surface area contributed by atoms with Gasteiger partial charge in [0.15, 0.2) is 5.82 Å². The highest BCUT2D eigenvalue weighted by molar-refractivity contribution is 6.33. The predicted octanol–water partition coefficient (Wildman–Crippen LogP) is 4.63. The number of hydrogen-bond donors (Lipinski definition) is 3. The van der Waals surface area contributed by atoms with Gasteiger partial charge >= 0.3 is 0 Å². The number of hydrogen-bond acceptors (Lipinski definition) is 6. The fourth-order valence-electron chi connectivity index (χ4n) is 3.84. The number of fused-ring (bicyclic) bond motifs is 1. The van der Waals surface area contributed by atoms with E-state index in [1.807, 2.05) is 24.3 Å². The van der Waals surface area contributed by atoms with E-state index < -0.39 is 6.04 Å². The maximum atomic E-state index is 13.4. The second-order valence-electron chi connectivity index (χ2n) is 7.54. The zero-order valence-corrected chi connectivity index (χ0v) is 18.3. The Kier molecular flexibility index (Phi) is 5.27. The molecule has 0 saturated heterocycles. The fraction of sp³-hybridized carbons (Fsp3) is 0.0833. The number of halogens is 1. The summed E-state index contributed by atoms with van der Waals surface area (Å²) in [6.45, 7) is 1.81. The number of phenolic OH excluding ortho intramolecular Hbond substituents is 1. The lowest BCUT2D eigenvalue weighted by Crippen LogP contribution is -2.31. The number of carbonyl (C=O) groups excluding carboxylic acids is 1. The minimum Gasteiger partial charge on any atom is -0.508 e. The number of allylic oxidation sites excluding steroid dienone is 1. The van der Waals surface area contributed by atoms with Crippen molar-refractivity contribution in [1.29, 1.82) is 0 Å². The lowest BCUT2D eigenvalue weighted by molar-refractivity contribution is -0.113. The van der Waals surface area contributed by atoms with Crippen molar-refractivity contribution in [2.75, 3.05) is 10.6 Å². The third-order valence-corrected chi connectivity index (χ3v) is 5.65. The largest absolute Gasteiger partial charge is 0.508 e. The number of carbonyl (C=O) groups is 1. The molecule has 1 atom stereocenters. The van der Waals surface area contributed by atoms with E-state index in [1.54, 1.807) is 60.4 Å². The van der Waals surface area contributed by atoms with Gasteiger partial charge in [-0.05, 0) is 48.9 Å². The third-order valence-electron chi connectivity index (χ3n) is 5.32. The number of amides is 1. The van der Waals surface area contributed by atoms with Gasteiger partial charge in [-0.1, -0.05) is 35.9 Å². The topological polar surface area (TPSA) is 105 Å². The Balaban J connectivity index is 1.63. The zero-order valence-electron chi connectivity index (χ0n) is 17.5. The van der Waals surface area contributed by atoms with Crippen molar-refractivity contribution in [2.45, 2.75) is 13.0 Å². The molecule has 164 valence electrons. The van der Waals surface area contributed by atoms with E-state index >= 15 is 0 Å². The van der Waals surface area contributed by atoms with Crippen molar-refractivity contribution in [3.05, 3.63) is 94.9 Å². The van der Waals surface area contributed by atoms with Crippen molar-refractivity contribution in [2.24, 2.45) is 0 Å². The number of aromatic hydroxyl groups is 1. The molecule has 9 heteroatoms. The Labute approximate surface area is 194 Å². The van der Waals surface area contributed by atoms with Crippen LogP contribution in [0, 0.1) is 0 Å². The molecule has 0 unspecified atom stereocenters. The molecule has 3 N–H and O–H groups in total. The summed E-state index contributed by atoms with van der Waals surface area (Å²) in [6.07, 6.45) is 3.21. The van der Waals surface area contributed by atoms with Crippen LogP contribution in [-0.2, 0) is 4.79 Å². The quantitative estimate of drug-likeness (QED) is 0.412. The zero-order chi connectivity index (χ0) is 22.9. The maximum absolute atomic E-state index is 13.4. The molecule has 0 radical (unpaired) electrons. The monoisotopic (exact) mass is 458 g/mol. The first-order chi connectivity index (χ1) is 16.0. The molecule has 0 saturated carbocycles. The Morgan fingerprint density at radius 2 is 2.00 bits per heavy atom. The lowest BCUT2D eigenvalue weighted by Gasteiger charge is -2.28. The molecule has 1 aliphatic heterocycles. The van der Waals surface area contributed by atoms with E-state index in [9.17, 15) is 9.90 Å². The summed E-state index contributed by atoms with van der Waals surface area (Å²) in [6, 6.07) is 16.9. The van der Waals surface area contributed by atoms with Gasteiger partial charge in [-0.15, -0.1) is 5.10 Å². The van der Waals surface area contributed by atoms with E-state index in [4.69, 9.17) is 16.7 Å². The standard InChI is InChI=1S/C24H19ClN6O2/c1-14-20(23(33)28-16-7-5-11-26-13-16)21(15-6-4-8-17(32)12-15)31-24(27-14)29-22(30-31)18-9-2-3-10-19(18)25/h2-13,21,32H,1H3,(H,28,33)(H,27,29,30)/t21-/m1/s1.